The van der Waals surface area contributed by atoms with E-state index in [0.29, 0.717) is 10.6 Å². The number of ether oxygens (including phenoxy) is 1. The first-order valence-corrected chi connectivity index (χ1v) is 5.40. The van der Waals surface area contributed by atoms with Gasteiger partial charge in [0.1, 0.15) is 5.92 Å². The van der Waals surface area contributed by atoms with Gasteiger partial charge in [0.25, 0.3) is 0 Å². The minimum atomic E-state index is -0.777. The molecule has 1 rings (SSSR count). The molecule has 0 N–H and O–H groups in total. The summed E-state index contributed by atoms with van der Waals surface area (Å²) in [5.41, 5.74) is 0.463. The highest BCUT2D eigenvalue weighted by molar-refractivity contribution is 6.30. The summed E-state index contributed by atoms with van der Waals surface area (Å²) in [6.45, 7) is 3.52. The Morgan fingerprint density at radius 1 is 1.31 bits per heavy atom. The molecule has 16 heavy (non-hydrogen) atoms. The Hall–Kier alpha value is -1.35. The van der Waals surface area contributed by atoms with E-state index in [1.807, 2.05) is 0 Å². The molecule has 1 aromatic rings. The molecule has 1 atom stereocenters. The maximum Gasteiger partial charge on any atom is 0.316 e. The van der Waals surface area contributed by atoms with E-state index in [4.69, 9.17) is 16.3 Å². The molecule has 3 nitrogen and oxygen atoms in total. The average Bonchev–Trinajstić information content (AvgIpc) is 2.28. The van der Waals surface area contributed by atoms with E-state index in [-0.39, 0.29) is 12.4 Å². The van der Waals surface area contributed by atoms with Crippen LogP contribution < -0.4 is 0 Å². The van der Waals surface area contributed by atoms with Gasteiger partial charge in [0.05, 0.1) is 6.61 Å². The van der Waals surface area contributed by atoms with E-state index in [1.165, 1.54) is 6.92 Å². The summed E-state index contributed by atoms with van der Waals surface area (Å²) in [5.74, 6) is -1.53. The molecule has 86 valence electrons. The maximum absolute atomic E-state index is 11.8. The molecule has 0 aliphatic carbocycles. The van der Waals surface area contributed by atoms with Crippen molar-refractivity contribution in [2.45, 2.75) is 13.8 Å². The van der Waals surface area contributed by atoms with Crippen LogP contribution in [0.2, 0.25) is 5.02 Å². The summed E-state index contributed by atoms with van der Waals surface area (Å²) >= 11 is 5.71. The number of hydrogen-bond donors (Lipinski definition) is 0. The molecule has 0 amide bonds. The van der Waals surface area contributed by atoms with Crippen molar-refractivity contribution >= 4 is 23.4 Å². The van der Waals surface area contributed by atoms with Crippen molar-refractivity contribution in [1.29, 1.82) is 0 Å². The highest BCUT2D eigenvalue weighted by Crippen LogP contribution is 2.14. The van der Waals surface area contributed by atoms with Crippen LogP contribution in [0.25, 0.3) is 0 Å². The lowest BCUT2D eigenvalue weighted by molar-refractivity contribution is -0.145. The SMILES string of the molecule is CCOC(=O)C(C)C(=O)c1ccc(Cl)cc1. The summed E-state index contributed by atoms with van der Waals surface area (Å²) in [6.07, 6.45) is 0. The first-order chi connectivity index (χ1) is 7.56. The van der Waals surface area contributed by atoms with Crippen LogP contribution >= 0.6 is 11.6 Å². The first kappa shape index (κ1) is 12.7. The Kier molecular flexibility index (Phi) is 4.50. The molecule has 0 radical (unpaired) electrons. The molecular formula is C12H13ClO3. The molecule has 0 aliphatic rings. The van der Waals surface area contributed by atoms with Gasteiger partial charge < -0.3 is 4.74 Å². The minimum absolute atomic E-state index is 0.255. The third-order valence-electron chi connectivity index (χ3n) is 2.16. The summed E-state index contributed by atoms with van der Waals surface area (Å²) in [5, 5.41) is 0.556. The van der Waals surface area contributed by atoms with Crippen LogP contribution in [0.5, 0.6) is 0 Å². The van der Waals surface area contributed by atoms with Gasteiger partial charge >= 0.3 is 5.97 Å². The second-order valence-corrected chi connectivity index (χ2v) is 3.78. The van der Waals surface area contributed by atoms with Crippen LogP contribution in [0, 0.1) is 5.92 Å². The largest absolute Gasteiger partial charge is 0.465 e. The second kappa shape index (κ2) is 5.66. The quantitative estimate of drug-likeness (QED) is 0.462. The van der Waals surface area contributed by atoms with Gasteiger partial charge in [-0.05, 0) is 38.1 Å². The number of ketones is 1. The van der Waals surface area contributed by atoms with Gasteiger partial charge in [0, 0.05) is 10.6 Å². The highest BCUT2D eigenvalue weighted by Gasteiger charge is 2.23. The summed E-state index contributed by atoms with van der Waals surface area (Å²) in [6, 6.07) is 6.43. The summed E-state index contributed by atoms with van der Waals surface area (Å²) in [7, 11) is 0. The van der Waals surface area contributed by atoms with E-state index in [0.717, 1.165) is 0 Å². The van der Waals surface area contributed by atoms with E-state index in [1.54, 1.807) is 31.2 Å². The number of carbonyl (C=O) groups is 2. The number of esters is 1. The molecule has 0 spiro atoms. The van der Waals surface area contributed by atoms with Crippen LogP contribution in [0.3, 0.4) is 0 Å². The number of Topliss-reactive ketones (excluding diaryl/α,β-unsaturated/α-hetero) is 1. The number of rotatable bonds is 4. The lowest BCUT2D eigenvalue weighted by atomic mass is 10.00. The molecule has 4 heteroatoms. The first-order valence-electron chi connectivity index (χ1n) is 5.02. The van der Waals surface area contributed by atoms with Crippen molar-refractivity contribution in [3.63, 3.8) is 0 Å². The predicted octanol–water partition coefficient (Wildman–Crippen LogP) is 2.72. The second-order valence-electron chi connectivity index (χ2n) is 3.34. The van der Waals surface area contributed by atoms with Crippen molar-refractivity contribution in [2.75, 3.05) is 6.61 Å². The van der Waals surface area contributed by atoms with Gasteiger partial charge in [-0.15, -0.1) is 0 Å². The Labute approximate surface area is 99.4 Å². The van der Waals surface area contributed by atoms with Crippen LogP contribution in [0.4, 0.5) is 0 Å². The third kappa shape index (κ3) is 3.07. The van der Waals surface area contributed by atoms with Gasteiger partial charge in [-0.2, -0.15) is 0 Å². The summed E-state index contributed by atoms with van der Waals surface area (Å²) in [4.78, 5) is 23.2. The molecule has 0 fully saturated rings. The zero-order valence-electron chi connectivity index (χ0n) is 9.20. The van der Waals surface area contributed by atoms with Crippen molar-refractivity contribution in [3.8, 4) is 0 Å². The van der Waals surface area contributed by atoms with Crippen LogP contribution in [-0.4, -0.2) is 18.4 Å². The van der Waals surface area contributed by atoms with Gasteiger partial charge in [0.15, 0.2) is 5.78 Å². The van der Waals surface area contributed by atoms with Crippen molar-refractivity contribution in [2.24, 2.45) is 5.92 Å². The zero-order valence-corrected chi connectivity index (χ0v) is 9.95. The van der Waals surface area contributed by atoms with Gasteiger partial charge in [-0.3, -0.25) is 9.59 Å². The predicted molar refractivity (Wildman–Crippen MR) is 61.6 cm³/mol. The van der Waals surface area contributed by atoms with Crippen molar-refractivity contribution in [3.05, 3.63) is 34.9 Å². The fourth-order valence-electron chi connectivity index (χ4n) is 1.24. The Balaban J connectivity index is 2.78. The Morgan fingerprint density at radius 2 is 1.88 bits per heavy atom. The number of benzene rings is 1. The highest BCUT2D eigenvalue weighted by atomic mass is 35.5. The zero-order chi connectivity index (χ0) is 12.1. The van der Waals surface area contributed by atoms with Crippen LogP contribution in [0.1, 0.15) is 24.2 Å². The molecular weight excluding hydrogens is 228 g/mol. The lowest BCUT2D eigenvalue weighted by Gasteiger charge is -2.09. The molecule has 0 heterocycles. The monoisotopic (exact) mass is 240 g/mol. The van der Waals surface area contributed by atoms with E-state index in [2.05, 4.69) is 0 Å². The third-order valence-corrected chi connectivity index (χ3v) is 2.41. The fourth-order valence-corrected chi connectivity index (χ4v) is 1.36. The van der Waals surface area contributed by atoms with Gasteiger partial charge in [0.2, 0.25) is 0 Å². The maximum atomic E-state index is 11.8. The van der Waals surface area contributed by atoms with Crippen LogP contribution in [-0.2, 0) is 9.53 Å². The summed E-state index contributed by atoms with van der Waals surface area (Å²) < 4.78 is 4.78. The smallest absolute Gasteiger partial charge is 0.316 e. The normalized spacial score (nSPS) is 11.9. The van der Waals surface area contributed by atoms with E-state index >= 15 is 0 Å². The minimum Gasteiger partial charge on any atom is -0.465 e. The number of hydrogen-bond acceptors (Lipinski definition) is 3. The number of carbonyl (C=O) groups excluding carboxylic acids is 2. The Morgan fingerprint density at radius 3 is 2.38 bits per heavy atom. The molecule has 0 saturated heterocycles. The molecule has 1 unspecified atom stereocenters. The topological polar surface area (TPSA) is 43.4 Å². The Bertz CT molecular complexity index is 384. The standard InChI is InChI=1S/C12H13ClO3/c1-3-16-12(15)8(2)11(14)9-4-6-10(13)7-5-9/h4-8H,3H2,1-2H3. The van der Waals surface area contributed by atoms with Gasteiger partial charge in [-0.1, -0.05) is 11.6 Å². The fraction of sp³-hybridized carbons (Fsp3) is 0.333. The van der Waals surface area contributed by atoms with E-state index < -0.39 is 11.9 Å². The molecule has 1 aromatic carbocycles. The van der Waals surface area contributed by atoms with Crippen LogP contribution in [0.15, 0.2) is 24.3 Å². The number of halogens is 1. The van der Waals surface area contributed by atoms with Crippen molar-refractivity contribution < 1.29 is 14.3 Å². The molecule has 0 bridgehead atoms. The molecule has 0 aliphatic heterocycles. The molecule has 0 saturated carbocycles. The van der Waals surface area contributed by atoms with Gasteiger partial charge in [-0.25, -0.2) is 0 Å². The molecule has 0 aromatic heterocycles. The van der Waals surface area contributed by atoms with Crippen molar-refractivity contribution in [1.82, 2.24) is 0 Å². The van der Waals surface area contributed by atoms with E-state index in [9.17, 15) is 9.59 Å². The average molecular weight is 241 g/mol. The lowest BCUT2D eigenvalue weighted by Crippen LogP contribution is -2.23.